The Hall–Kier alpha value is -1.35. The van der Waals surface area contributed by atoms with Crippen LogP contribution in [0.25, 0.3) is 0 Å². The van der Waals surface area contributed by atoms with Crippen molar-refractivity contribution in [1.82, 2.24) is 5.32 Å². The Balaban J connectivity index is 2.19. The second kappa shape index (κ2) is 6.40. The molecule has 1 saturated heterocycles. The Kier molecular flexibility index (Phi) is 4.81. The summed E-state index contributed by atoms with van der Waals surface area (Å²) in [6, 6.07) is 6.37. The average molecular weight is 274 g/mol. The van der Waals surface area contributed by atoms with Crippen molar-refractivity contribution in [3.8, 4) is 0 Å². The molecule has 1 aliphatic heterocycles. The van der Waals surface area contributed by atoms with Gasteiger partial charge in [0.25, 0.3) is 0 Å². The maximum Gasteiger partial charge on any atom is 0.241 e. The van der Waals surface area contributed by atoms with Gasteiger partial charge in [0.2, 0.25) is 5.91 Å². The van der Waals surface area contributed by atoms with Gasteiger partial charge in [-0.25, -0.2) is 0 Å². The Morgan fingerprint density at radius 1 is 1.25 bits per heavy atom. The molecule has 20 heavy (non-hydrogen) atoms. The van der Waals surface area contributed by atoms with Gasteiger partial charge < -0.3 is 10.6 Å². The molecule has 1 aliphatic rings. The average Bonchev–Trinajstić information content (AvgIpc) is 2.92. The molecule has 0 bridgehead atoms. The smallest absolute Gasteiger partial charge is 0.241 e. The Labute approximate surface area is 122 Å². The minimum absolute atomic E-state index is 0.0280. The molecule has 2 rings (SSSR count). The van der Waals surface area contributed by atoms with E-state index in [1.807, 2.05) is 0 Å². The number of hydrogen-bond donors (Lipinski definition) is 2. The largest absolute Gasteiger partial charge is 0.324 e. The van der Waals surface area contributed by atoms with Gasteiger partial charge >= 0.3 is 0 Å². The molecule has 110 valence electrons. The SMILES string of the molecule is CC(C)c1ccc(NC(=O)[C@H]2CCCN2)c(C(C)C)c1. The lowest BCUT2D eigenvalue weighted by Crippen LogP contribution is -2.35. The van der Waals surface area contributed by atoms with E-state index in [-0.39, 0.29) is 11.9 Å². The Bertz CT molecular complexity index is 474. The second-order valence-electron chi connectivity index (χ2n) is 6.29. The number of rotatable bonds is 4. The molecule has 0 spiro atoms. The summed E-state index contributed by atoms with van der Waals surface area (Å²) in [6.45, 7) is 9.67. The van der Waals surface area contributed by atoms with Crippen LogP contribution in [0.4, 0.5) is 5.69 Å². The van der Waals surface area contributed by atoms with Crippen molar-refractivity contribution in [3.63, 3.8) is 0 Å². The number of benzene rings is 1. The number of nitrogens with one attached hydrogen (secondary N) is 2. The molecule has 1 aromatic carbocycles. The van der Waals surface area contributed by atoms with E-state index in [2.05, 4.69) is 56.5 Å². The highest BCUT2D eigenvalue weighted by Crippen LogP contribution is 2.28. The van der Waals surface area contributed by atoms with Crippen LogP contribution in [-0.4, -0.2) is 18.5 Å². The highest BCUT2D eigenvalue weighted by Gasteiger charge is 2.23. The molecule has 0 aromatic heterocycles. The van der Waals surface area contributed by atoms with Crippen LogP contribution < -0.4 is 10.6 Å². The summed E-state index contributed by atoms with van der Waals surface area (Å²) in [4.78, 5) is 12.2. The molecule has 1 atom stereocenters. The van der Waals surface area contributed by atoms with Crippen molar-refractivity contribution in [2.45, 2.75) is 58.4 Å². The van der Waals surface area contributed by atoms with Crippen LogP contribution >= 0.6 is 0 Å². The first-order valence-electron chi connectivity index (χ1n) is 7.67. The van der Waals surface area contributed by atoms with Crippen molar-refractivity contribution < 1.29 is 4.79 Å². The molecule has 1 aromatic rings. The van der Waals surface area contributed by atoms with Gasteiger partial charge in [-0.15, -0.1) is 0 Å². The Morgan fingerprint density at radius 2 is 2.00 bits per heavy atom. The number of carbonyl (C=O) groups excluding carboxylic acids is 1. The van der Waals surface area contributed by atoms with Crippen LogP contribution in [0.5, 0.6) is 0 Å². The van der Waals surface area contributed by atoms with E-state index in [0.717, 1.165) is 25.1 Å². The normalized spacial score (nSPS) is 18.8. The van der Waals surface area contributed by atoms with Gasteiger partial charge in [-0.2, -0.15) is 0 Å². The van der Waals surface area contributed by atoms with E-state index in [4.69, 9.17) is 0 Å². The molecule has 1 amide bonds. The topological polar surface area (TPSA) is 41.1 Å². The summed E-state index contributed by atoms with van der Waals surface area (Å²) in [5.74, 6) is 1.01. The van der Waals surface area contributed by atoms with Gasteiger partial charge in [0, 0.05) is 5.69 Å². The van der Waals surface area contributed by atoms with Crippen LogP contribution in [-0.2, 0) is 4.79 Å². The van der Waals surface area contributed by atoms with Crippen molar-refractivity contribution in [3.05, 3.63) is 29.3 Å². The number of amides is 1. The van der Waals surface area contributed by atoms with E-state index in [1.54, 1.807) is 0 Å². The van der Waals surface area contributed by atoms with Crippen LogP contribution in [0, 0.1) is 0 Å². The van der Waals surface area contributed by atoms with Gasteiger partial charge in [0.15, 0.2) is 0 Å². The summed E-state index contributed by atoms with van der Waals surface area (Å²) in [6.07, 6.45) is 2.02. The summed E-state index contributed by atoms with van der Waals surface area (Å²) in [7, 11) is 0. The monoisotopic (exact) mass is 274 g/mol. The van der Waals surface area contributed by atoms with Crippen molar-refractivity contribution in [2.24, 2.45) is 0 Å². The summed E-state index contributed by atoms with van der Waals surface area (Å²) in [5.41, 5.74) is 3.51. The molecule has 0 unspecified atom stereocenters. The fraction of sp³-hybridized carbons (Fsp3) is 0.588. The van der Waals surface area contributed by atoms with Crippen LogP contribution in [0.1, 0.15) is 63.5 Å². The van der Waals surface area contributed by atoms with E-state index in [9.17, 15) is 4.79 Å². The molecule has 0 radical (unpaired) electrons. The summed E-state index contributed by atoms with van der Waals surface area (Å²) < 4.78 is 0. The number of hydrogen-bond acceptors (Lipinski definition) is 2. The zero-order valence-electron chi connectivity index (χ0n) is 13.0. The fourth-order valence-corrected chi connectivity index (χ4v) is 2.66. The van der Waals surface area contributed by atoms with E-state index in [0.29, 0.717) is 11.8 Å². The molecular formula is C17H26N2O. The van der Waals surface area contributed by atoms with E-state index >= 15 is 0 Å². The molecule has 3 nitrogen and oxygen atoms in total. The van der Waals surface area contributed by atoms with Crippen molar-refractivity contribution in [2.75, 3.05) is 11.9 Å². The van der Waals surface area contributed by atoms with Crippen LogP contribution in [0.2, 0.25) is 0 Å². The third kappa shape index (κ3) is 3.40. The highest BCUT2D eigenvalue weighted by molar-refractivity contribution is 5.95. The van der Waals surface area contributed by atoms with E-state index in [1.165, 1.54) is 11.1 Å². The molecule has 0 saturated carbocycles. The maximum absolute atomic E-state index is 12.2. The molecule has 1 fully saturated rings. The predicted octanol–water partition coefficient (Wildman–Crippen LogP) is 3.62. The third-order valence-corrected chi connectivity index (χ3v) is 4.00. The lowest BCUT2D eigenvalue weighted by Gasteiger charge is -2.18. The summed E-state index contributed by atoms with van der Waals surface area (Å²) >= 11 is 0. The standard InChI is InChI=1S/C17H26N2O/c1-11(2)13-7-8-15(14(10-13)12(3)4)19-17(20)16-6-5-9-18-16/h7-8,10-12,16,18H,5-6,9H2,1-4H3,(H,19,20)/t16-/m1/s1. The van der Waals surface area contributed by atoms with Gasteiger partial charge in [-0.1, -0.05) is 39.8 Å². The molecule has 3 heteroatoms. The van der Waals surface area contributed by atoms with Gasteiger partial charge in [-0.05, 0) is 48.4 Å². The highest BCUT2D eigenvalue weighted by atomic mass is 16.2. The van der Waals surface area contributed by atoms with Crippen LogP contribution in [0.3, 0.4) is 0 Å². The van der Waals surface area contributed by atoms with Crippen molar-refractivity contribution >= 4 is 11.6 Å². The molecular weight excluding hydrogens is 248 g/mol. The van der Waals surface area contributed by atoms with Gasteiger partial charge in [-0.3, -0.25) is 4.79 Å². The lowest BCUT2D eigenvalue weighted by atomic mass is 9.94. The fourth-order valence-electron chi connectivity index (χ4n) is 2.66. The second-order valence-corrected chi connectivity index (χ2v) is 6.29. The zero-order valence-corrected chi connectivity index (χ0v) is 13.0. The lowest BCUT2D eigenvalue weighted by molar-refractivity contribution is -0.117. The van der Waals surface area contributed by atoms with Crippen molar-refractivity contribution in [1.29, 1.82) is 0 Å². The predicted molar refractivity (Wildman–Crippen MR) is 84.3 cm³/mol. The quantitative estimate of drug-likeness (QED) is 0.880. The van der Waals surface area contributed by atoms with E-state index < -0.39 is 0 Å². The molecule has 1 heterocycles. The third-order valence-electron chi connectivity index (χ3n) is 4.00. The molecule has 2 N–H and O–H groups in total. The van der Waals surface area contributed by atoms with Gasteiger partial charge in [0.05, 0.1) is 6.04 Å². The first-order chi connectivity index (χ1) is 9.49. The molecule has 0 aliphatic carbocycles. The Morgan fingerprint density at radius 3 is 2.55 bits per heavy atom. The minimum Gasteiger partial charge on any atom is -0.324 e. The number of anilines is 1. The summed E-state index contributed by atoms with van der Waals surface area (Å²) in [5, 5.41) is 6.34. The van der Waals surface area contributed by atoms with Crippen LogP contribution in [0.15, 0.2) is 18.2 Å². The first kappa shape index (κ1) is 15.0. The number of carbonyl (C=O) groups is 1. The zero-order chi connectivity index (χ0) is 14.7. The minimum atomic E-state index is -0.0280. The maximum atomic E-state index is 12.2. The van der Waals surface area contributed by atoms with Gasteiger partial charge in [0.1, 0.15) is 0 Å². The first-order valence-corrected chi connectivity index (χ1v) is 7.67.